The van der Waals surface area contributed by atoms with Crippen LogP contribution in [0.4, 0.5) is 0 Å². The predicted molar refractivity (Wildman–Crippen MR) is 69.6 cm³/mol. The van der Waals surface area contributed by atoms with E-state index in [0.717, 1.165) is 31.6 Å². The summed E-state index contributed by atoms with van der Waals surface area (Å²) in [4.78, 5) is 11.8. The van der Waals surface area contributed by atoms with E-state index in [0.29, 0.717) is 12.0 Å². The third kappa shape index (κ3) is 4.66. The van der Waals surface area contributed by atoms with Crippen molar-refractivity contribution in [2.24, 2.45) is 17.3 Å². The standard InChI is InChI=1S/C14H27NO2/c1-10(16)9-15-13(17)11-5-7-12(8-6-11)14(2,3)4/h10-12,16H,5-9H2,1-4H3,(H,15,17)/t10-,11?,12?/m0/s1. The number of aliphatic hydroxyl groups excluding tert-OH is 1. The highest BCUT2D eigenvalue weighted by Crippen LogP contribution is 2.39. The monoisotopic (exact) mass is 241 g/mol. The number of carbonyl (C=O) groups excluding carboxylic acids is 1. The van der Waals surface area contributed by atoms with Gasteiger partial charge in [-0.2, -0.15) is 0 Å². The van der Waals surface area contributed by atoms with Crippen LogP contribution in [0.25, 0.3) is 0 Å². The Hall–Kier alpha value is -0.570. The second-order valence-electron chi connectivity index (χ2n) is 6.51. The molecule has 0 aliphatic heterocycles. The second-order valence-corrected chi connectivity index (χ2v) is 6.51. The van der Waals surface area contributed by atoms with Crippen LogP contribution < -0.4 is 5.32 Å². The molecule has 0 heterocycles. The molecule has 100 valence electrons. The van der Waals surface area contributed by atoms with Crippen molar-refractivity contribution in [2.45, 2.75) is 59.5 Å². The summed E-state index contributed by atoms with van der Waals surface area (Å²) in [6.45, 7) is 8.91. The predicted octanol–water partition coefficient (Wildman–Crippen LogP) is 2.34. The van der Waals surface area contributed by atoms with Crippen molar-refractivity contribution in [3.63, 3.8) is 0 Å². The summed E-state index contributed by atoms with van der Waals surface area (Å²) in [6.07, 6.45) is 3.83. The Morgan fingerprint density at radius 1 is 1.29 bits per heavy atom. The summed E-state index contributed by atoms with van der Waals surface area (Å²) in [7, 11) is 0. The smallest absolute Gasteiger partial charge is 0.223 e. The number of carbonyl (C=O) groups is 1. The van der Waals surface area contributed by atoms with E-state index < -0.39 is 6.10 Å². The Kier molecular flexibility index (Phi) is 4.99. The maximum Gasteiger partial charge on any atom is 0.223 e. The molecule has 1 fully saturated rings. The SMILES string of the molecule is C[C@H](O)CNC(=O)C1CCC(C(C)(C)C)CC1. The Morgan fingerprint density at radius 3 is 2.24 bits per heavy atom. The lowest BCUT2D eigenvalue weighted by molar-refractivity contribution is -0.127. The van der Waals surface area contributed by atoms with Gasteiger partial charge >= 0.3 is 0 Å². The quantitative estimate of drug-likeness (QED) is 0.797. The molecule has 1 aliphatic carbocycles. The molecule has 0 aromatic heterocycles. The minimum atomic E-state index is -0.454. The van der Waals surface area contributed by atoms with Crippen LogP contribution in [0.5, 0.6) is 0 Å². The molecule has 2 N–H and O–H groups in total. The highest BCUT2D eigenvalue weighted by atomic mass is 16.3. The van der Waals surface area contributed by atoms with Crippen molar-refractivity contribution >= 4 is 5.91 Å². The average molecular weight is 241 g/mol. The van der Waals surface area contributed by atoms with Crippen LogP contribution in [0.2, 0.25) is 0 Å². The molecule has 0 aromatic carbocycles. The molecule has 3 nitrogen and oxygen atoms in total. The first-order valence-electron chi connectivity index (χ1n) is 6.76. The number of hydrogen-bond donors (Lipinski definition) is 2. The van der Waals surface area contributed by atoms with Crippen molar-refractivity contribution in [2.75, 3.05) is 6.54 Å². The van der Waals surface area contributed by atoms with Crippen molar-refractivity contribution in [3.05, 3.63) is 0 Å². The van der Waals surface area contributed by atoms with E-state index in [1.54, 1.807) is 6.92 Å². The van der Waals surface area contributed by atoms with E-state index >= 15 is 0 Å². The minimum Gasteiger partial charge on any atom is -0.392 e. The van der Waals surface area contributed by atoms with E-state index in [1.807, 2.05) is 0 Å². The molecule has 1 atom stereocenters. The third-order valence-electron chi connectivity index (χ3n) is 3.89. The molecule has 0 unspecified atom stereocenters. The van der Waals surface area contributed by atoms with E-state index in [4.69, 9.17) is 5.11 Å². The molecule has 0 radical (unpaired) electrons. The fraction of sp³-hybridized carbons (Fsp3) is 0.929. The van der Waals surface area contributed by atoms with Crippen LogP contribution in [0.1, 0.15) is 53.4 Å². The van der Waals surface area contributed by atoms with Gasteiger partial charge in [-0.3, -0.25) is 4.79 Å². The molecule has 1 amide bonds. The molecule has 1 saturated carbocycles. The number of amides is 1. The van der Waals surface area contributed by atoms with Gasteiger partial charge in [0.2, 0.25) is 5.91 Å². The highest BCUT2D eigenvalue weighted by molar-refractivity contribution is 5.78. The molecule has 0 aromatic rings. The average Bonchev–Trinajstić information content (AvgIpc) is 2.25. The zero-order valence-corrected chi connectivity index (χ0v) is 11.6. The van der Waals surface area contributed by atoms with E-state index in [9.17, 15) is 4.79 Å². The molecular weight excluding hydrogens is 214 g/mol. The summed E-state index contributed by atoms with van der Waals surface area (Å²) in [5.41, 5.74) is 0.362. The zero-order chi connectivity index (χ0) is 13.1. The Labute approximate surface area is 105 Å². The summed E-state index contributed by atoms with van der Waals surface area (Å²) in [5.74, 6) is 1.02. The maximum absolute atomic E-state index is 11.8. The van der Waals surface area contributed by atoms with Crippen LogP contribution >= 0.6 is 0 Å². The van der Waals surface area contributed by atoms with Crippen LogP contribution in [0.15, 0.2) is 0 Å². The summed E-state index contributed by atoms with van der Waals surface area (Å²) < 4.78 is 0. The molecule has 1 aliphatic rings. The summed E-state index contributed by atoms with van der Waals surface area (Å²) >= 11 is 0. The number of rotatable bonds is 3. The first-order chi connectivity index (χ1) is 7.80. The van der Waals surface area contributed by atoms with Crippen molar-refractivity contribution in [1.29, 1.82) is 0 Å². The van der Waals surface area contributed by atoms with E-state index in [-0.39, 0.29) is 11.8 Å². The van der Waals surface area contributed by atoms with Gasteiger partial charge in [0.1, 0.15) is 0 Å². The van der Waals surface area contributed by atoms with Gasteiger partial charge < -0.3 is 10.4 Å². The van der Waals surface area contributed by atoms with Crippen LogP contribution in [-0.4, -0.2) is 23.7 Å². The normalized spacial score (nSPS) is 27.6. The molecule has 0 bridgehead atoms. The molecule has 17 heavy (non-hydrogen) atoms. The molecule has 1 rings (SSSR count). The zero-order valence-electron chi connectivity index (χ0n) is 11.6. The van der Waals surface area contributed by atoms with Crippen LogP contribution in [-0.2, 0) is 4.79 Å². The summed E-state index contributed by atoms with van der Waals surface area (Å²) in [5, 5.41) is 12.0. The Balaban J connectivity index is 2.34. The van der Waals surface area contributed by atoms with Gasteiger partial charge in [-0.15, -0.1) is 0 Å². The second kappa shape index (κ2) is 5.85. The highest BCUT2D eigenvalue weighted by Gasteiger charge is 2.32. The summed E-state index contributed by atoms with van der Waals surface area (Å²) in [6, 6.07) is 0. The lowest BCUT2D eigenvalue weighted by Crippen LogP contribution is -2.38. The van der Waals surface area contributed by atoms with E-state index in [1.165, 1.54) is 0 Å². The fourth-order valence-electron chi connectivity index (χ4n) is 2.61. The van der Waals surface area contributed by atoms with Gasteiger partial charge in [-0.25, -0.2) is 0 Å². The molecule has 3 heteroatoms. The first-order valence-corrected chi connectivity index (χ1v) is 6.76. The number of hydrogen-bond acceptors (Lipinski definition) is 2. The van der Waals surface area contributed by atoms with Gasteiger partial charge in [0.05, 0.1) is 6.10 Å². The lowest BCUT2D eigenvalue weighted by Gasteiger charge is -2.36. The number of aliphatic hydroxyl groups is 1. The van der Waals surface area contributed by atoms with Crippen molar-refractivity contribution in [3.8, 4) is 0 Å². The van der Waals surface area contributed by atoms with Gasteiger partial charge in [-0.1, -0.05) is 20.8 Å². The number of nitrogens with one attached hydrogen (secondary N) is 1. The third-order valence-corrected chi connectivity index (χ3v) is 3.89. The van der Waals surface area contributed by atoms with Crippen molar-refractivity contribution in [1.82, 2.24) is 5.32 Å². The largest absolute Gasteiger partial charge is 0.392 e. The lowest BCUT2D eigenvalue weighted by atomic mass is 9.69. The van der Waals surface area contributed by atoms with Gasteiger partial charge in [0.25, 0.3) is 0 Å². The molecule has 0 spiro atoms. The topological polar surface area (TPSA) is 49.3 Å². The maximum atomic E-state index is 11.8. The first kappa shape index (κ1) is 14.5. The van der Waals surface area contributed by atoms with Crippen molar-refractivity contribution < 1.29 is 9.90 Å². The van der Waals surface area contributed by atoms with Gasteiger partial charge in [-0.05, 0) is 43.9 Å². The molecule has 0 saturated heterocycles. The van der Waals surface area contributed by atoms with E-state index in [2.05, 4.69) is 26.1 Å². The Morgan fingerprint density at radius 2 is 1.82 bits per heavy atom. The van der Waals surface area contributed by atoms with Crippen LogP contribution in [0, 0.1) is 17.3 Å². The van der Waals surface area contributed by atoms with Gasteiger partial charge in [0, 0.05) is 12.5 Å². The van der Waals surface area contributed by atoms with Crippen LogP contribution in [0.3, 0.4) is 0 Å². The Bertz CT molecular complexity index is 247. The fourth-order valence-corrected chi connectivity index (χ4v) is 2.61. The molecular formula is C14H27NO2. The van der Waals surface area contributed by atoms with Gasteiger partial charge in [0.15, 0.2) is 0 Å². The minimum absolute atomic E-state index is 0.123.